The molecule has 0 saturated carbocycles. The van der Waals surface area contributed by atoms with Gasteiger partial charge in [-0.15, -0.1) is 0 Å². The molecule has 1 amide bonds. The van der Waals surface area contributed by atoms with Gasteiger partial charge in [-0.25, -0.2) is 4.79 Å². The molecule has 0 aromatic heterocycles. The first-order chi connectivity index (χ1) is 21.9. The van der Waals surface area contributed by atoms with Gasteiger partial charge in [-0.3, -0.25) is 9.59 Å². The standard InChI is InChI=1S/C23H17BrCl2N2O3S.C11H15NO2/c24-16-5-2-1-4-15(16)22(32)28-19(23(30)31)12-13-8-10-14(11-9-13)27-21(29)20-17(25)6-3-7-18(20)26;1-8-3-5-9(6-4-8)7-10(12)11(13)14-2/h1-11,19H,12H2,(H,27,29)(H,28,32)(H,30,31);3-6,10H,7,12H2,1-2H3. The molecule has 2 atom stereocenters. The molecule has 4 rings (SSSR count). The fourth-order valence-corrected chi connectivity index (χ4v) is 5.67. The number of ether oxygens (including phenoxy) is 1. The predicted octanol–water partition coefficient (Wildman–Crippen LogP) is 7.01. The second-order valence-corrected chi connectivity index (χ2v) is 12.2. The minimum atomic E-state index is -1.02. The van der Waals surface area contributed by atoms with Crippen LogP contribution in [0.25, 0.3) is 0 Å². The highest BCUT2D eigenvalue weighted by Crippen LogP contribution is 2.25. The Balaban J connectivity index is 0.000000344. The van der Waals surface area contributed by atoms with Crippen LogP contribution in [0.5, 0.6) is 0 Å². The Morgan fingerprint density at radius 1 is 0.891 bits per heavy atom. The van der Waals surface area contributed by atoms with E-state index < -0.39 is 24.0 Å². The third-order valence-corrected chi connectivity index (χ3v) is 8.30. The van der Waals surface area contributed by atoms with Crippen molar-refractivity contribution in [2.45, 2.75) is 31.8 Å². The Labute approximate surface area is 291 Å². The van der Waals surface area contributed by atoms with Gasteiger partial charge < -0.3 is 26.2 Å². The number of rotatable bonds is 10. The topological polar surface area (TPSA) is 131 Å². The summed E-state index contributed by atoms with van der Waals surface area (Å²) in [6, 6.07) is 25.4. The van der Waals surface area contributed by atoms with Crippen LogP contribution in [0.15, 0.2) is 95.5 Å². The van der Waals surface area contributed by atoms with E-state index in [9.17, 15) is 19.5 Å². The monoisotopic (exact) mass is 743 g/mol. The SMILES string of the molecule is COC(=O)C(N)Cc1ccc(C)cc1.O=C(Nc1ccc(CC(NC(=S)c2ccccc2Br)C(=O)O)cc1)c1c(Cl)cccc1Cl. The summed E-state index contributed by atoms with van der Waals surface area (Å²) in [5.41, 5.74) is 10.1. The zero-order chi connectivity index (χ0) is 33.8. The van der Waals surface area contributed by atoms with Gasteiger partial charge in [0.2, 0.25) is 0 Å². The summed E-state index contributed by atoms with van der Waals surface area (Å²) >= 11 is 21.0. The molecule has 0 aliphatic heterocycles. The van der Waals surface area contributed by atoms with Crippen molar-refractivity contribution in [3.63, 3.8) is 0 Å². The van der Waals surface area contributed by atoms with E-state index >= 15 is 0 Å². The summed E-state index contributed by atoms with van der Waals surface area (Å²) in [7, 11) is 1.34. The minimum absolute atomic E-state index is 0.190. The Morgan fingerprint density at radius 3 is 2.02 bits per heavy atom. The molecule has 46 heavy (non-hydrogen) atoms. The summed E-state index contributed by atoms with van der Waals surface area (Å²) in [6.45, 7) is 2.02. The number of amides is 1. The van der Waals surface area contributed by atoms with Crippen LogP contribution in [-0.4, -0.2) is 47.1 Å². The van der Waals surface area contributed by atoms with Gasteiger partial charge in [-0.2, -0.15) is 0 Å². The van der Waals surface area contributed by atoms with Gasteiger partial charge in [-0.05, 0) is 54.8 Å². The van der Waals surface area contributed by atoms with Crippen molar-refractivity contribution in [2.75, 3.05) is 12.4 Å². The van der Waals surface area contributed by atoms with Crippen molar-refractivity contribution >= 4 is 79.9 Å². The number of nitrogens with two attached hydrogens (primary N) is 1. The summed E-state index contributed by atoms with van der Waals surface area (Å²) in [4.78, 5) is 35.7. The number of aliphatic carboxylic acids is 1. The Kier molecular flexibility index (Phi) is 14.2. The summed E-state index contributed by atoms with van der Waals surface area (Å²) < 4.78 is 5.32. The maximum Gasteiger partial charge on any atom is 0.326 e. The molecule has 0 bridgehead atoms. The van der Waals surface area contributed by atoms with Crippen LogP contribution in [0.3, 0.4) is 0 Å². The van der Waals surface area contributed by atoms with Crippen molar-refractivity contribution in [3.05, 3.63) is 133 Å². The zero-order valence-electron chi connectivity index (χ0n) is 24.9. The smallest absolute Gasteiger partial charge is 0.326 e. The van der Waals surface area contributed by atoms with E-state index in [0.29, 0.717) is 22.7 Å². The molecule has 0 aliphatic rings. The van der Waals surface area contributed by atoms with Gasteiger partial charge in [0.05, 0.1) is 22.7 Å². The number of halogens is 3. The molecule has 0 saturated heterocycles. The summed E-state index contributed by atoms with van der Waals surface area (Å²) in [6.07, 6.45) is 0.720. The lowest BCUT2D eigenvalue weighted by molar-refractivity contribution is -0.142. The quantitative estimate of drug-likeness (QED) is 0.101. The van der Waals surface area contributed by atoms with Crippen molar-refractivity contribution in [3.8, 4) is 0 Å². The van der Waals surface area contributed by atoms with Crippen LogP contribution < -0.4 is 16.4 Å². The predicted molar refractivity (Wildman–Crippen MR) is 190 cm³/mol. The number of carboxylic acid groups (broad SMARTS) is 1. The van der Waals surface area contributed by atoms with Gasteiger partial charge in [-0.1, -0.05) is 118 Å². The van der Waals surface area contributed by atoms with E-state index in [2.05, 4.69) is 31.3 Å². The van der Waals surface area contributed by atoms with Crippen LogP contribution >= 0.6 is 51.3 Å². The first-order valence-corrected chi connectivity index (χ1v) is 15.9. The van der Waals surface area contributed by atoms with Crippen molar-refractivity contribution in [1.82, 2.24) is 5.32 Å². The molecule has 0 spiro atoms. The molecule has 2 unspecified atom stereocenters. The number of carbonyl (C=O) groups excluding carboxylic acids is 2. The average molecular weight is 746 g/mol. The van der Waals surface area contributed by atoms with E-state index in [1.165, 1.54) is 12.7 Å². The number of esters is 1. The number of hydrogen-bond acceptors (Lipinski definition) is 6. The zero-order valence-corrected chi connectivity index (χ0v) is 28.8. The van der Waals surface area contributed by atoms with Gasteiger partial charge in [0, 0.05) is 22.1 Å². The van der Waals surface area contributed by atoms with Crippen LogP contribution in [0.2, 0.25) is 10.0 Å². The second kappa shape index (κ2) is 17.8. The molecule has 0 heterocycles. The number of thiocarbonyl (C=S) groups is 1. The lowest BCUT2D eigenvalue weighted by Gasteiger charge is -2.17. The molecule has 5 N–H and O–H groups in total. The van der Waals surface area contributed by atoms with Crippen molar-refractivity contribution in [2.24, 2.45) is 5.73 Å². The van der Waals surface area contributed by atoms with Crippen LogP contribution in [0, 0.1) is 6.92 Å². The number of nitrogens with one attached hydrogen (secondary N) is 2. The van der Waals surface area contributed by atoms with E-state index in [1.807, 2.05) is 49.4 Å². The number of benzene rings is 4. The number of aryl methyl sites for hydroxylation is 1. The number of anilines is 1. The van der Waals surface area contributed by atoms with Crippen LogP contribution in [-0.2, 0) is 27.2 Å². The molecule has 4 aromatic carbocycles. The second-order valence-electron chi connectivity index (χ2n) is 10.1. The summed E-state index contributed by atoms with van der Waals surface area (Å²) in [5, 5.41) is 15.8. The highest BCUT2D eigenvalue weighted by atomic mass is 79.9. The van der Waals surface area contributed by atoms with Gasteiger partial charge in [0.1, 0.15) is 17.1 Å². The molecule has 0 fully saturated rings. The lowest BCUT2D eigenvalue weighted by Crippen LogP contribution is -2.42. The van der Waals surface area contributed by atoms with E-state index in [0.717, 1.165) is 15.6 Å². The highest BCUT2D eigenvalue weighted by Gasteiger charge is 2.21. The third-order valence-electron chi connectivity index (χ3n) is 6.64. The fourth-order valence-electron chi connectivity index (χ4n) is 4.16. The minimum Gasteiger partial charge on any atom is -0.480 e. The maximum absolute atomic E-state index is 12.5. The molecule has 240 valence electrons. The first-order valence-electron chi connectivity index (χ1n) is 13.9. The molecule has 8 nitrogen and oxygen atoms in total. The number of hydrogen-bond donors (Lipinski definition) is 4. The Hall–Kier alpha value is -3.80. The van der Waals surface area contributed by atoms with Gasteiger partial charge in [0.15, 0.2) is 0 Å². The van der Waals surface area contributed by atoms with E-state index in [-0.39, 0.29) is 28.0 Å². The highest BCUT2D eigenvalue weighted by molar-refractivity contribution is 9.10. The molecule has 0 radical (unpaired) electrons. The maximum atomic E-state index is 12.5. The number of carbonyl (C=O) groups is 3. The van der Waals surface area contributed by atoms with Crippen LogP contribution in [0.4, 0.5) is 5.69 Å². The van der Waals surface area contributed by atoms with E-state index in [4.69, 9.17) is 41.2 Å². The van der Waals surface area contributed by atoms with Gasteiger partial charge >= 0.3 is 11.9 Å². The van der Waals surface area contributed by atoms with Gasteiger partial charge in [0.25, 0.3) is 5.91 Å². The first kappa shape index (κ1) is 36.7. The Bertz CT molecular complexity index is 1670. The van der Waals surface area contributed by atoms with E-state index in [1.54, 1.807) is 48.5 Å². The molecule has 0 aliphatic carbocycles. The molecular formula is C34H32BrCl2N3O5S. The Morgan fingerprint density at radius 2 is 1.46 bits per heavy atom. The van der Waals surface area contributed by atoms with Crippen molar-refractivity contribution < 1.29 is 24.2 Å². The lowest BCUT2D eigenvalue weighted by atomic mass is 10.0. The van der Waals surface area contributed by atoms with Crippen LogP contribution in [0.1, 0.15) is 32.6 Å². The summed E-state index contributed by atoms with van der Waals surface area (Å²) in [5.74, 6) is -1.83. The average Bonchev–Trinajstić information content (AvgIpc) is 3.02. The number of carboxylic acids is 1. The normalized spacial score (nSPS) is 11.7. The fraction of sp³-hybridized carbons (Fsp3) is 0.176. The number of methoxy groups -OCH3 is 1. The molecule has 4 aromatic rings. The van der Waals surface area contributed by atoms with Crippen molar-refractivity contribution in [1.29, 1.82) is 0 Å². The molecular weight excluding hydrogens is 713 g/mol. The largest absolute Gasteiger partial charge is 0.480 e. The third kappa shape index (κ3) is 10.9. The molecule has 12 heteroatoms.